The van der Waals surface area contributed by atoms with Gasteiger partial charge in [0.25, 0.3) is 5.56 Å². The Bertz CT molecular complexity index is 685. The Morgan fingerprint density at radius 1 is 1.29 bits per heavy atom. The van der Waals surface area contributed by atoms with E-state index in [1.54, 1.807) is 6.07 Å². The van der Waals surface area contributed by atoms with Crippen LogP contribution < -0.4 is 10.9 Å². The summed E-state index contributed by atoms with van der Waals surface area (Å²) in [5, 5.41) is 2.56. The first-order valence-corrected chi connectivity index (χ1v) is 8.32. The largest absolute Gasteiger partial charge is 0.468 e. The van der Waals surface area contributed by atoms with E-state index in [1.807, 2.05) is 16.7 Å². The highest BCUT2D eigenvalue weighted by molar-refractivity contribution is 5.81. The molecule has 1 amide bonds. The summed E-state index contributed by atoms with van der Waals surface area (Å²) in [6.45, 7) is 3.11. The van der Waals surface area contributed by atoms with Crippen LogP contribution in [0, 0.1) is 5.92 Å². The van der Waals surface area contributed by atoms with Crippen LogP contribution in [0.4, 0.5) is 0 Å². The molecule has 3 rings (SSSR count). The van der Waals surface area contributed by atoms with Gasteiger partial charge in [-0.3, -0.25) is 14.4 Å². The second-order valence-corrected chi connectivity index (χ2v) is 6.56. The van der Waals surface area contributed by atoms with Crippen LogP contribution in [0.15, 0.2) is 23.0 Å². The maximum absolute atomic E-state index is 12.0. The molecule has 2 atom stereocenters. The third-order valence-electron chi connectivity index (χ3n) is 4.87. The van der Waals surface area contributed by atoms with Crippen molar-refractivity contribution in [2.75, 3.05) is 33.3 Å². The zero-order chi connectivity index (χ0) is 17.1. The van der Waals surface area contributed by atoms with E-state index >= 15 is 0 Å². The minimum atomic E-state index is -0.446. The minimum Gasteiger partial charge on any atom is -0.468 e. The zero-order valence-corrected chi connectivity index (χ0v) is 13.9. The molecule has 24 heavy (non-hydrogen) atoms. The molecule has 0 aromatic carbocycles. The fourth-order valence-electron chi connectivity index (χ4n) is 3.77. The van der Waals surface area contributed by atoms with Crippen molar-refractivity contribution >= 4 is 11.9 Å². The van der Waals surface area contributed by atoms with E-state index in [1.165, 1.54) is 7.11 Å². The van der Waals surface area contributed by atoms with Crippen molar-refractivity contribution in [3.8, 4) is 0 Å². The summed E-state index contributed by atoms with van der Waals surface area (Å²) in [7, 11) is 1.30. The highest BCUT2D eigenvalue weighted by Gasteiger charge is 2.34. The van der Waals surface area contributed by atoms with Crippen LogP contribution in [0.2, 0.25) is 0 Å². The summed E-state index contributed by atoms with van der Waals surface area (Å²) in [6.07, 6.45) is 1.46. The molecule has 0 radical (unpaired) electrons. The Balaban J connectivity index is 1.55. The number of carbonyl (C=O) groups excluding carboxylic acids is 2. The maximum atomic E-state index is 12.0. The van der Waals surface area contributed by atoms with Gasteiger partial charge in [0.2, 0.25) is 5.91 Å². The summed E-state index contributed by atoms with van der Waals surface area (Å²) < 4.78 is 6.40. The Morgan fingerprint density at radius 3 is 2.92 bits per heavy atom. The number of esters is 1. The van der Waals surface area contributed by atoms with E-state index in [2.05, 4.69) is 15.0 Å². The molecule has 2 aliphatic rings. The number of hydrogen-bond acceptors (Lipinski definition) is 5. The van der Waals surface area contributed by atoms with Crippen molar-refractivity contribution in [1.29, 1.82) is 0 Å². The third kappa shape index (κ3) is 3.67. The molecule has 0 aliphatic carbocycles. The van der Waals surface area contributed by atoms with Gasteiger partial charge in [-0.2, -0.15) is 0 Å². The molecule has 2 aliphatic heterocycles. The molecule has 3 heterocycles. The summed E-state index contributed by atoms with van der Waals surface area (Å²) in [6, 6.07) is 5.48. The third-order valence-corrected chi connectivity index (χ3v) is 4.87. The smallest absolute Gasteiger partial charge is 0.325 e. The first kappa shape index (κ1) is 16.7. The molecule has 7 nitrogen and oxygen atoms in total. The number of carbonyl (C=O) groups is 2. The Kier molecular flexibility index (Phi) is 4.99. The van der Waals surface area contributed by atoms with Gasteiger partial charge in [0.1, 0.15) is 6.54 Å². The minimum absolute atomic E-state index is 0.0813. The summed E-state index contributed by atoms with van der Waals surface area (Å²) in [5.74, 6) is 0.213. The lowest BCUT2D eigenvalue weighted by Gasteiger charge is -2.42. The van der Waals surface area contributed by atoms with Gasteiger partial charge in [-0.1, -0.05) is 6.07 Å². The number of fused-ring (bicyclic) bond motifs is 4. The standard InChI is InChI=1S/C17H23N3O4/c1-24-17(23)8-18-15(21)5-6-19-9-12-7-13(11-19)14-3-2-4-16(22)20(14)10-12/h2-4,12-13H,5-11H2,1H3,(H,18,21). The van der Waals surface area contributed by atoms with Gasteiger partial charge in [0.05, 0.1) is 7.11 Å². The van der Waals surface area contributed by atoms with Crippen molar-refractivity contribution in [2.45, 2.75) is 25.3 Å². The lowest BCUT2D eigenvalue weighted by Crippen LogP contribution is -2.47. The van der Waals surface area contributed by atoms with Crippen LogP contribution in [-0.4, -0.2) is 54.6 Å². The number of nitrogens with zero attached hydrogens (tertiary/aromatic N) is 2. The summed E-state index contributed by atoms with van der Waals surface area (Å²) in [4.78, 5) is 37.1. The fourth-order valence-corrected chi connectivity index (χ4v) is 3.77. The molecular formula is C17H23N3O4. The lowest BCUT2D eigenvalue weighted by atomic mass is 9.83. The molecule has 1 saturated heterocycles. The quantitative estimate of drug-likeness (QED) is 0.764. The van der Waals surface area contributed by atoms with Crippen LogP contribution in [0.3, 0.4) is 0 Å². The molecule has 2 unspecified atom stereocenters. The number of rotatable bonds is 5. The highest BCUT2D eigenvalue weighted by Crippen LogP contribution is 2.34. The number of ether oxygens (including phenoxy) is 1. The SMILES string of the molecule is COC(=O)CNC(=O)CCN1CC2CC(C1)c1cccc(=O)n1C2. The van der Waals surface area contributed by atoms with E-state index in [-0.39, 0.29) is 18.0 Å². The van der Waals surface area contributed by atoms with Gasteiger partial charge in [0, 0.05) is 50.3 Å². The number of methoxy groups -OCH3 is 1. The van der Waals surface area contributed by atoms with E-state index in [0.717, 1.165) is 31.7 Å². The van der Waals surface area contributed by atoms with E-state index in [4.69, 9.17) is 0 Å². The van der Waals surface area contributed by atoms with Gasteiger partial charge >= 0.3 is 5.97 Å². The number of aromatic nitrogens is 1. The monoisotopic (exact) mass is 333 g/mol. The second-order valence-electron chi connectivity index (χ2n) is 6.56. The van der Waals surface area contributed by atoms with E-state index < -0.39 is 5.97 Å². The molecular weight excluding hydrogens is 310 g/mol. The predicted molar refractivity (Wildman–Crippen MR) is 87.6 cm³/mol. The van der Waals surface area contributed by atoms with Crippen molar-refractivity contribution < 1.29 is 14.3 Å². The highest BCUT2D eigenvalue weighted by atomic mass is 16.5. The first-order valence-electron chi connectivity index (χ1n) is 8.32. The predicted octanol–water partition coefficient (Wildman–Crippen LogP) is -0.0533. The molecule has 1 N–H and O–H groups in total. The molecule has 130 valence electrons. The maximum Gasteiger partial charge on any atom is 0.325 e. The van der Waals surface area contributed by atoms with Crippen LogP contribution in [0.1, 0.15) is 24.5 Å². The van der Waals surface area contributed by atoms with Crippen molar-refractivity contribution in [1.82, 2.24) is 14.8 Å². The van der Waals surface area contributed by atoms with Crippen molar-refractivity contribution in [2.24, 2.45) is 5.92 Å². The first-order chi connectivity index (χ1) is 11.6. The zero-order valence-electron chi connectivity index (χ0n) is 13.9. The number of hydrogen-bond donors (Lipinski definition) is 1. The van der Waals surface area contributed by atoms with E-state index in [9.17, 15) is 14.4 Å². The molecule has 7 heteroatoms. The Hall–Kier alpha value is -2.15. The molecule has 1 aromatic rings. The molecule has 1 aromatic heterocycles. The molecule has 2 bridgehead atoms. The van der Waals surface area contributed by atoms with Gasteiger partial charge in [-0.05, 0) is 18.4 Å². The molecule has 1 fully saturated rings. The fraction of sp³-hybridized carbons (Fsp3) is 0.588. The van der Waals surface area contributed by atoms with Crippen LogP contribution in [-0.2, 0) is 20.9 Å². The van der Waals surface area contributed by atoms with Gasteiger partial charge < -0.3 is 19.5 Å². The van der Waals surface area contributed by atoms with Crippen LogP contribution >= 0.6 is 0 Å². The Labute approximate surface area is 140 Å². The summed E-state index contributed by atoms with van der Waals surface area (Å²) >= 11 is 0. The Morgan fingerprint density at radius 2 is 2.12 bits per heavy atom. The average molecular weight is 333 g/mol. The number of pyridine rings is 1. The van der Waals surface area contributed by atoms with Crippen molar-refractivity contribution in [3.63, 3.8) is 0 Å². The molecule has 0 saturated carbocycles. The average Bonchev–Trinajstić information content (AvgIpc) is 2.58. The van der Waals surface area contributed by atoms with Gasteiger partial charge in [-0.15, -0.1) is 0 Å². The lowest BCUT2D eigenvalue weighted by molar-refractivity contribution is -0.141. The number of piperidine rings is 1. The van der Waals surface area contributed by atoms with E-state index in [0.29, 0.717) is 24.8 Å². The number of nitrogens with one attached hydrogen (secondary N) is 1. The van der Waals surface area contributed by atoms with Crippen molar-refractivity contribution in [3.05, 3.63) is 34.2 Å². The number of likely N-dealkylation sites (tertiary alicyclic amines) is 1. The van der Waals surface area contributed by atoms with Gasteiger partial charge in [0.15, 0.2) is 0 Å². The number of amides is 1. The topological polar surface area (TPSA) is 80.6 Å². The summed E-state index contributed by atoms with van der Waals surface area (Å²) in [5.41, 5.74) is 1.19. The molecule has 0 spiro atoms. The van der Waals surface area contributed by atoms with Crippen LogP contribution in [0.5, 0.6) is 0 Å². The second kappa shape index (κ2) is 7.17. The van der Waals surface area contributed by atoms with Crippen LogP contribution in [0.25, 0.3) is 0 Å². The van der Waals surface area contributed by atoms with Gasteiger partial charge in [-0.25, -0.2) is 0 Å². The normalized spacial score (nSPS) is 22.5.